The van der Waals surface area contributed by atoms with Crippen LogP contribution >= 0.6 is 0 Å². The van der Waals surface area contributed by atoms with E-state index in [0.29, 0.717) is 11.5 Å². The molecular weight excluding hydrogens is 256 g/mol. The summed E-state index contributed by atoms with van der Waals surface area (Å²) in [5.74, 6) is 0.848. The van der Waals surface area contributed by atoms with Crippen molar-refractivity contribution in [2.45, 2.75) is 6.92 Å². The van der Waals surface area contributed by atoms with Gasteiger partial charge in [-0.1, -0.05) is 18.2 Å². The van der Waals surface area contributed by atoms with Crippen LogP contribution in [0.2, 0.25) is 0 Å². The lowest BCUT2D eigenvalue weighted by Crippen LogP contribution is -1.91. The zero-order chi connectivity index (χ0) is 15.0. The molecule has 1 rings (SSSR count). The van der Waals surface area contributed by atoms with Crippen LogP contribution in [0.15, 0.2) is 48.3 Å². The molecule has 0 radical (unpaired) electrons. The normalized spacial score (nSPS) is 12.1. The van der Waals surface area contributed by atoms with Crippen LogP contribution in [0, 0.1) is 0 Å². The summed E-state index contributed by atoms with van der Waals surface area (Å²) in [6, 6.07) is 5.33. The quantitative estimate of drug-likeness (QED) is 0.491. The first-order valence-electron chi connectivity index (χ1n) is 6.08. The molecule has 0 aliphatic rings. The molecule has 0 unspecified atom stereocenters. The molecule has 0 spiro atoms. The van der Waals surface area contributed by atoms with E-state index in [0.717, 1.165) is 11.6 Å². The maximum absolute atomic E-state index is 11.6. The van der Waals surface area contributed by atoms with Gasteiger partial charge in [-0.3, -0.25) is 4.79 Å². The van der Waals surface area contributed by atoms with E-state index in [-0.39, 0.29) is 11.5 Å². The molecule has 0 saturated carbocycles. The molecule has 0 amide bonds. The van der Waals surface area contributed by atoms with Crippen molar-refractivity contribution in [1.82, 2.24) is 0 Å². The fourth-order valence-corrected chi connectivity index (χ4v) is 1.55. The third-order valence-corrected chi connectivity index (χ3v) is 2.48. The number of ketones is 1. The number of ether oxygens (including phenoxy) is 2. The van der Waals surface area contributed by atoms with Gasteiger partial charge in [0.25, 0.3) is 0 Å². The van der Waals surface area contributed by atoms with Crippen molar-refractivity contribution >= 4 is 11.9 Å². The molecule has 4 nitrogen and oxygen atoms in total. The van der Waals surface area contributed by atoms with E-state index in [2.05, 4.69) is 0 Å². The minimum Gasteiger partial charge on any atom is -0.508 e. The smallest absolute Gasteiger partial charge is 0.182 e. The second-order valence-electron chi connectivity index (χ2n) is 3.92. The highest BCUT2D eigenvalue weighted by Gasteiger charge is 2.02. The molecule has 1 N–H and O–H groups in total. The summed E-state index contributed by atoms with van der Waals surface area (Å²) in [5.41, 5.74) is 0.801. The van der Waals surface area contributed by atoms with Crippen molar-refractivity contribution in [2.75, 3.05) is 14.2 Å². The third kappa shape index (κ3) is 4.65. The van der Waals surface area contributed by atoms with Gasteiger partial charge in [0.05, 0.1) is 14.2 Å². The van der Waals surface area contributed by atoms with Crippen molar-refractivity contribution in [3.05, 3.63) is 53.8 Å². The third-order valence-electron chi connectivity index (χ3n) is 2.48. The van der Waals surface area contributed by atoms with E-state index in [1.54, 1.807) is 51.5 Å². The minimum absolute atomic E-state index is 0.0746. The second kappa shape index (κ2) is 7.84. The number of carbonyl (C=O) groups excluding carboxylic acids is 1. The monoisotopic (exact) mass is 274 g/mol. The predicted molar refractivity (Wildman–Crippen MR) is 79.1 cm³/mol. The first-order valence-corrected chi connectivity index (χ1v) is 6.08. The molecule has 0 aliphatic heterocycles. The molecule has 20 heavy (non-hydrogen) atoms. The first-order chi connectivity index (χ1) is 9.60. The number of carbonyl (C=O) groups is 1. The van der Waals surface area contributed by atoms with E-state index in [9.17, 15) is 9.90 Å². The van der Waals surface area contributed by atoms with Crippen molar-refractivity contribution in [3.63, 3.8) is 0 Å². The van der Waals surface area contributed by atoms with Gasteiger partial charge in [0.1, 0.15) is 5.76 Å². The molecule has 0 heterocycles. The summed E-state index contributed by atoms with van der Waals surface area (Å²) >= 11 is 0. The van der Waals surface area contributed by atoms with Gasteiger partial charge in [0.15, 0.2) is 17.3 Å². The van der Waals surface area contributed by atoms with Gasteiger partial charge in [-0.2, -0.15) is 0 Å². The van der Waals surface area contributed by atoms with Gasteiger partial charge in [0.2, 0.25) is 0 Å². The van der Waals surface area contributed by atoms with Gasteiger partial charge in [0, 0.05) is 6.08 Å². The molecule has 0 aromatic heterocycles. The van der Waals surface area contributed by atoms with Crippen LogP contribution in [0.5, 0.6) is 11.5 Å². The van der Waals surface area contributed by atoms with Crippen LogP contribution in [-0.2, 0) is 4.79 Å². The minimum atomic E-state index is -0.296. The SMILES string of the molecule is C/C=C/C(O)=C/C(=O)/C=C/c1ccc(OC)c(OC)c1. The van der Waals surface area contributed by atoms with Gasteiger partial charge < -0.3 is 14.6 Å². The standard InChI is InChI=1S/C16H18O4/c1-4-5-13(17)11-14(18)8-6-12-7-9-15(19-2)16(10-12)20-3/h4-11,17H,1-3H3/b5-4+,8-6+,13-11-. The Morgan fingerprint density at radius 1 is 1.15 bits per heavy atom. The number of hydrogen-bond donors (Lipinski definition) is 1. The Bertz CT molecular complexity index is 554. The molecule has 0 atom stereocenters. The Hall–Kier alpha value is -2.49. The fraction of sp³-hybridized carbons (Fsp3) is 0.188. The molecule has 4 heteroatoms. The van der Waals surface area contributed by atoms with Crippen molar-refractivity contribution in [2.24, 2.45) is 0 Å². The maximum atomic E-state index is 11.6. The topological polar surface area (TPSA) is 55.8 Å². The number of allylic oxidation sites excluding steroid dienone is 4. The lowest BCUT2D eigenvalue weighted by molar-refractivity contribution is -0.110. The summed E-state index contributed by atoms with van der Waals surface area (Å²) in [4.78, 5) is 11.6. The Kier molecular flexibility index (Phi) is 6.10. The van der Waals surface area contributed by atoms with E-state index >= 15 is 0 Å². The van der Waals surface area contributed by atoms with E-state index < -0.39 is 0 Å². The summed E-state index contributed by atoms with van der Waals surface area (Å²) < 4.78 is 10.3. The molecule has 0 bridgehead atoms. The van der Waals surface area contributed by atoms with Gasteiger partial charge in [-0.25, -0.2) is 0 Å². The van der Waals surface area contributed by atoms with Crippen LogP contribution < -0.4 is 9.47 Å². The first kappa shape index (κ1) is 15.6. The Morgan fingerprint density at radius 3 is 2.45 bits per heavy atom. The summed E-state index contributed by atoms with van der Waals surface area (Å²) in [6.07, 6.45) is 7.27. The average molecular weight is 274 g/mol. The molecule has 1 aromatic carbocycles. The van der Waals surface area contributed by atoms with Crippen LogP contribution in [0.3, 0.4) is 0 Å². The second-order valence-corrected chi connectivity index (χ2v) is 3.92. The predicted octanol–water partition coefficient (Wildman–Crippen LogP) is 3.30. The van der Waals surface area contributed by atoms with E-state index in [1.165, 1.54) is 12.2 Å². The molecule has 0 aliphatic carbocycles. The number of aliphatic hydroxyl groups excluding tert-OH is 1. The number of rotatable bonds is 6. The molecular formula is C16H18O4. The highest BCUT2D eigenvalue weighted by atomic mass is 16.5. The lowest BCUT2D eigenvalue weighted by Gasteiger charge is -2.07. The Labute approximate surface area is 118 Å². The van der Waals surface area contributed by atoms with Crippen LogP contribution in [-0.4, -0.2) is 25.1 Å². The van der Waals surface area contributed by atoms with Gasteiger partial charge in [-0.05, 0) is 36.8 Å². The number of hydrogen-bond acceptors (Lipinski definition) is 4. The zero-order valence-corrected chi connectivity index (χ0v) is 11.8. The number of aliphatic hydroxyl groups is 1. The van der Waals surface area contributed by atoms with Gasteiger partial charge in [-0.15, -0.1) is 0 Å². The molecule has 1 aromatic rings. The number of benzene rings is 1. The Balaban J connectivity index is 2.85. The number of methoxy groups -OCH3 is 2. The largest absolute Gasteiger partial charge is 0.508 e. The highest BCUT2D eigenvalue weighted by Crippen LogP contribution is 2.27. The van der Waals surface area contributed by atoms with Crippen molar-refractivity contribution in [3.8, 4) is 11.5 Å². The van der Waals surface area contributed by atoms with Crippen molar-refractivity contribution < 1.29 is 19.4 Å². The summed E-state index contributed by atoms with van der Waals surface area (Å²) in [5, 5.41) is 9.35. The maximum Gasteiger partial charge on any atom is 0.182 e. The average Bonchev–Trinajstić information content (AvgIpc) is 2.44. The summed E-state index contributed by atoms with van der Waals surface area (Å²) in [6.45, 7) is 1.76. The van der Waals surface area contributed by atoms with E-state index in [4.69, 9.17) is 9.47 Å². The van der Waals surface area contributed by atoms with Crippen LogP contribution in [0.25, 0.3) is 6.08 Å². The molecule has 0 saturated heterocycles. The Morgan fingerprint density at radius 2 is 1.85 bits per heavy atom. The van der Waals surface area contributed by atoms with Gasteiger partial charge >= 0.3 is 0 Å². The fourth-order valence-electron chi connectivity index (χ4n) is 1.55. The highest BCUT2D eigenvalue weighted by molar-refractivity contribution is 6.02. The van der Waals surface area contributed by atoms with E-state index in [1.807, 2.05) is 0 Å². The lowest BCUT2D eigenvalue weighted by atomic mass is 10.1. The van der Waals surface area contributed by atoms with Crippen LogP contribution in [0.1, 0.15) is 12.5 Å². The van der Waals surface area contributed by atoms with Crippen LogP contribution in [0.4, 0.5) is 0 Å². The summed E-state index contributed by atoms with van der Waals surface area (Å²) in [7, 11) is 3.11. The zero-order valence-electron chi connectivity index (χ0n) is 11.8. The van der Waals surface area contributed by atoms with Crippen molar-refractivity contribution in [1.29, 1.82) is 0 Å². The molecule has 0 fully saturated rings. The molecule has 106 valence electrons.